The lowest BCUT2D eigenvalue weighted by Gasteiger charge is -2.31. The Bertz CT molecular complexity index is 394. The van der Waals surface area contributed by atoms with E-state index in [1.165, 1.54) is 11.3 Å². The molecular weight excluding hydrogens is 258 g/mol. The second kappa shape index (κ2) is 5.96. The summed E-state index contributed by atoms with van der Waals surface area (Å²) in [5, 5.41) is 0. The maximum Gasteiger partial charge on any atom is 0.186 e. The fourth-order valence-corrected chi connectivity index (χ4v) is 2.89. The third-order valence-electron chi connectivity index (χ3n) is 2.89. The molecule has 0 saturated carbocycles. The largest absolute Gasteiger partial charge is 0.376 e. The first-order valence-electron chi connectivity index (χ1n) is 5.81. The van der Waals surface area contributed by atoms with Gasteiger partial charge in [0, 0.05) is 13.1 Å². The number of hydrogen-bond donors (Lipinski definition) is 0. The molecule has 0 radical (unpaired) electrons. The van der Waals surface area contributed by atoms with E-state index >= 15 is 0 Å². The highest BCUT2D eigenvalue weighted by Crippen LogP contribution is 2.22. The summed E-state index contributed by atoms with van der Waals surface area (Å²) in [5.74, 6) is 0.152. The monoisotopic (exact) mass is 273 g/mol. The summed E-state index contributed by atoms with van der Waals surface area (Å²) >= 11 is 7.17. The van der Waals surface area contributed by atoms with Gasteiger partial charge in [0.25, 0.3) is 0 Å². The number of morpholine rings is 1. The lowest BCUT2D eigenvalue weighted by Crippen LogP contribution is -2.44. The van der Waals surface area contributed by atoms with Crippen molar-refractivity contribution in [1.82, 2.24) is 4.90 Å². The smallest absolute Gasteiger partial charge is 0.186 e. The Morgan fingerprint density at radius 1 is 1.65 bits per heavy atom. The van der Waals surface area contributed by atoms with Gasteiger partial charge >= 0.3 is 0 Å². The maximum absolute atomic E-state index is 12.0. The zero-order valence-electron chi connectivity index (χ0n) is 9.82. The second-order valence-corrected chi connectivity index (χ2v) is 5.88. The molecule has 0 N–H and O–H groups in total. The number of Topliss-reactive ketones (excluding diaryl/α,β-unsaturated/α-hetero) is 1. The van der Waals surface area contributed by atoms with Crippen molar-refractivity contribution in [2.75, 3.05) is 26.2 Å². The quantitative estimate of drug-likeness (QED) is 0.790. The number of hydrogen-bond acceptors (Lipinski definition) is 4. The highest BCUT2D eigenvalue weighted by Gasteiger charge is 2.21. The van der Waals surface area contributed by atoms with E-state index in [9.17, 15) is 4.79 Å². The van der Waals surface area contributed by atoms with Crippen LogP contribution < -0.4 is 0 Å². The Morgan fingerprint density at radius 2 is 2.47 bits per heavy atom. The topological polar surface area (TPSA) is 29.5 Å². The van der Waals surface area contributed by atoms with Crippen molar-refractivity contribution in [3.05, 3.63) is 21.3 Å². The molecule has 5 heteroatoms. The van der Waals surface area contributed by atoms with Gasteiger partial charge in [0.05, 0.1) is 28.5 Å². The van der Waals surface area contributed by atoms with Gasteiger partial charge in [0.15, 0.2) is 5.78 Å². The van der Waals surface area contributed by atoms with Crippen molar-refractivity contribution in [2.24, 2.45) is 0 Å². The molecule has 1 aromatic rings. The summed E-state index contributed by atoms with van der Waals surface area (Å²) < 4.78 is 6.25. The van der Waals surface area contributed by atoms with Gasteiger partial charge in [0.2, 0.25) is 0 Å². The van der Waals surface area contributed by atoms with Crippen LogP contribution >= 0.6 is 22.9 Å². The zero-order chi connectivity index (χ0) is 12.3. The Balaban J connectivity index is 1.90. The number of ketones is 1. The summed E-state index contributed by atoms with van der Waals surface area (Å²) in [6.45, 7) is 4.98. The number of thiophene rings is 1. The van der Waals surface area contributed by atoms with Gasteiger partial charge in [-0.1, -0.05) is 18.5 Å². The van der Waals surface area contributed by atoms with Crippen LogP contribution in [0.1, 0.15) is 23.0 Å². The fourth-order valence-electron chi connectivity index (χ4n) is 1.92. The highest BCUT2D eigenvalue weighted by molar-refractivity contribution is 7.18. The van der Waals surface area contributed by atoms with Crippen LogP contribution in [0.15, 0.2) is 12.1 Å². The van der Waals surface area contributed by atoms with Crippen LogP contribution in [0.2, 0.25) is 4.34 Å². The summed E-state index contributed by atoms with van der Waals surface area (Å²) in [6, 6.07) is 3.57. The molecule has 0 aromatic carbocycles. The molecule has 0 spiro atoms. The molecule has 0 amide bonds. The van der Waals surface area contributed by atoms with E-state index < -0.39 is 0 Å². The van der Waals surface area contributed by atoms with Crippen molar-refractivity contribution >= 4 is 28.7 Å². The summed E-state index contributed by atoms with van der Waals surface area (Å²) in [7, 11) is 0. The molecule has 1 fully saturated rings. The molecule has 1 aliphatic heterocycles. The van der Waals surface area contributed by atoms with E-state index in [1.807, 2.05) is 0 Å². The minimum atomic E-state index is 0.152. The molecule has 0 aliphatic carbocycles. The average Bonchev–Trinajstić information content (AvgIpc) is 2.76. The van der Waals surface area contributed by atoms with E-state index in [1.54, 1.807) is 12.1 Å². The second-order valence-electron chi connectivity index (χ2n) is 4.16. The van der Waals surface area contributed by atoms with Crippen molar-refractivity contribution in [3.63, 3.8) is 0 Å². The van der Waals surface area contributed by atoms with Crippen LogP contribution in [0.3, 0.4) is 0 Å². The predicted octanol–water partition coefficient (Wildman–Crippen LogP) is 2.70. The van der Waals surface area contributed by atoms with E-state index in [4.69, 9.17) is 16.3 Å². The molecule has 1 unspecified atom stereocenters. The van der Waals surface area contributed by atoms with E-state index in [0.717, 1.165) is 31.0 Å². The van der Waals surface area contributed by atoms with Gasteiger partial charge in [-0.05, 0) is 18.6 Å². The van der Waals surface area contributed by atoms with Gasteiger partial charge < -0.3 is 4.74 Å². The Morgan fingerprint density at radius 3 is 3.12 bits per heavy atom. The van der Waals surface area contributed by atoms with Crippen molar-refractivity contribution < 1.29 is 9.53 Å². The minimum absolute atomic E-state index is 0.152. The van der Waals surface area contributed by atoms with Crippen molar-refractivity contribution in [3.8, 4) is 0 Å². The van der Waals surface area contributed by atoms with Gasteiger partial charge in [0.1, 0.15) is 0 Å². The number of carbonyl (C=O) groups excluding carboxylic acids is 1. The summed E-state index contributed by atoms with van der Waals surface area (Å²) in [4.78, 5) is 14.9. The van der Waals surface area contributed by atoms with Crippen LogP contribution in [0.5, 0.6) is 0 Å². The summed E-state index contributed by atoms with van der Waals surface area (Å²) in [6.07, 6.45) is 1.26. The molecule has 1 aromatic heterocycles. The maximum atomic E-state index is 12.0. The summed E-state index contributed by atoms with van der Waals surface area (Å²) in [5.41, 5.74) is 0. The first-order valence-corrected chi connectivity index (χ1v) is 7.01. The van der Waals surface area contributed by atoms with Crippen molar-refractivity contribution in [1.29, 1.82) is 0 Å². The molecule has 3 nitrogen and oxygen atoms in total. The number of halogens is 1. The Labute approximate surface area is 110 Å². The number of rotatable bonds is 4. The van der Waals surface area contributed by atoms with E-state index in [2.05, 4.69) is 11.8 Å². The predicted molar refractivity (Wildman–Crippen MR) is 70.1 cm³/mol. The standard InChI is InChI=1S/C12H16ClNO2S/c1-2-9-7-14(5-6-16-9)8-10(15)11-3-4-12(13)17-11/h3-4,9H,2,5-8H2,1H3. The Hall–Kier alpha value is -0.420. The fraction of sp³-hybridized carbons (Fsp3) is 0.583. The first kappa shape index (κ1) is 13.0. The number of nitrogens with zero attached hydrogens (tertiary/aromatic N) is 1. The molecule has 1 saturated heterocycles. The molecule has 94 valence electrons. The van der Waals surface area contributed by atoms with Crippen LogP contribution in [0.4, 0.5) is 0 Å². The lowest BCUT2D eigenvalue weighted by atomic mass is 10.2. The third kappa shape index (κ3) is 3.52. The normalized spacial score (nSPS) is 21.6. The van der Waals surface area contributed by atoms with Crippen molar-refractivity contribution in [2.45, 2.75) is 19.4 Å². The molecule has 2 rings (SSSR count). The highest BCUT2D eigenvalue weighted by atomic mass is 35.5. The van der Waals surface area contributed by atoms with Crippen LogP contribution in [-0.4, -0.2) is 43.0 Å². The molecule has 17 heavy (non-hydrogen) atoms. The third-order valence-corrected chi connectivity index (χ3v) is 4.17. The van der Waals surface area contributed by atoms with Gasteiger partial charge in [-0.15, -0.1) is 11.3 Å². The first-order chi connectivity index (χ1) is 8.19. The number of ether oxygens (including phenoxy) is 1. The van der Waals surface area contributed by atoms with Crippen LogP contribution in [0, 0.1) is 0 Å². The molecular formula is C12H16ClNO2S. The average molecular weight is 274 g/mol. The SMILES string of the molecule is CCC1CN(CC(=O)c2ccc(Cl)s2)CCO1. The Kier molecular flexibility index (Phi) is 4.56. The van der Waals surface area contributed by atoms with Gasteiger partial charge in [-0.3, -0.25) is 9.69 Å². The van der Waals surface area contributed by atoms with Crippen LogP contribution in [0.25, 0.3) is 0 Å². The van der Waals surface area contributed by atoms with Gasteiger partial charge in [-0.25, -0.2) is 0 Å². The molecule has 1 aliphatic rings. The lowest BCUT2D eigenvalue weighted by molar-refractivity contribution is -0.0271. The molecule has 2 heterocycles. The molecule has 1 atom stereocenters. The van der Waals surface area contributed by atoms with Crippen LogP contribution in [-0.2, 0) is 4.74 Å². The number of carbonyl (C=O) groups is 1. The van der Waals surface area contributed by atoms with E-state index in [0.29, 0.717) is 10.9 Å². The molecule has 0 bridgehead atoms. The zero-order valence-corrected chi connectivity index (χ0v) is 11.4. The van der Waals surface area contributed by atoms with E-state index in [-0.39, 0.29) is 11.9 Å². The minimum Gasteiger partial charge on any atom is -0.376 e. The van der Waals surface area contributed by atoms with Gasteiger partial charge in [-0.2, -0.15) is 0 Å².